The van der Waals surface area contributed by atoms with Gasteiger partial charge in [0.1, 0.15) is 5.82 Å². The first-order valence-corrected chi connectivity index (χ1v) is 6.83. The van der Waals surface area contributed by atoms with Crippen molar-refractivity contribution in [1.82, 2.24) is 9.88 Å². The predicted molar refractivity (Wildman–Crippen MR) is 77.1 cm³/mol. The van der Waals surface area contributed by atoms with Gasteiger partial charge in [0.2, 0.25) is 0 Å². The van der Waals surface area contributed by atoms with Gasteiger partial charge < -0.3 is 5.43 Å². The molecule has 4 heteroatoms. The Morgan fingerprint density at radius 1 is 1.39 bits per heavy atom. The van der Waals surface area contributed by atoms with Crippen LogP contribution in [0.4, 0.5) is 5.82 Å². The molecule has 3 N–H and O–H groups in total. The van der Waals surface area contributed by atoms with Crippen molar-refractivity contribution < 1.29 is 0 Å². The van der Waals surface area contributed by atoms with E-state index in [1.807, 2.05) is 6.07 Å². The number of hydrogen-bond acceptors (Lipinski definition) is 4. The summed E-state index contributed by atoms with van der Waals surface area (Å²) in [5, 5.41) is 0. The van der Waals surface area contributed by atoms with Crippen molar-refractivity contribution >= 4 is 5.82 Å². The van der Waals surface area contributed by atoms with Gasteiger partial charge in [-0.2, -0.15) is 0 Å². The molecule has 0 fully saturated rings. The Bertz CT molecular complexity index is 338. The third-order valence-corrected chi connectivity index (χ3v) is 3.18. The molecule has 0 amide bonds. The molecular weight excluding hydrogens is 224 g/mol. The zero-order chi connectivity index (χ0) is 13.4. The summed E-state index contributed by atoms with van der Waals surface area (Å²) < 4.78 is 0. The normalized spacial score (nSPS) is 11.2. The van der Waals surface area contributed by atoms with Crippen LogP contribution in [0.1, 0.15) is 45.6 Å². The molecule has 0 aromatic carbocycles. The fourth-order valence-electron chi connectivity index (χ4n) is 2.00. The standard InChI is InChI=1S/C14H26N4/c1-4-5-6-10-18(12(2)3)11-13-8-7-9-16-14(13)17-15/h7-9,12H,4-6,10-11,15H2,1-3H3,(H,16,17). The summed E-state index contributed by atoms with van der Waals surface area (Å²) in [6.45, 7) is 8.73. The van der Waals surface area contributed by atoms with Crippen molar-refractivity contribution in [1.29, 1.82) is 0 Å². The van der Waals surface area contributed by atoms with Crippen LogP contribution >= 0.6 is 0 Å². The second-order valence-electron chi connectivity index (χ2n) is 4.93. The zero-order valence-electron chi connectivity index (χ0n) is 11.8. The molecule has 0 spiro atoms. The molecule has 0 bridgehead atoms. The Morgan fingerprint density at radius 2 is 2.17 bits per heavy atom. The zero-order valence-corrected chi connectivity index (χ0v) is 11.8. The number of nitrogens with two attached hydrogens (primary N) is 1. The molecule has 0 saturated heterocycles. The van der Waals surface area contributed by atoms with Crippen LogP contribution in [0.5, 0.6) is 0 Å². The van der Waals surface area contributed by atoms with Gasteiger partial charge in [0.05, 0.1) is 0 Å². The number of nitrogens with one attached hydrogen (secondary N) is 1. The van der Waals surface area contributed by atoms with Gasteiger partial charge in [0.15, 0.2) is 0 Å². The number of aromatic nitrogens is 1. The third-order valence-electron chi connectivity index (χ3n) is 3.18. The molecule has 1 aromatic rings. The fraction of sp³-hybridized carbons (Fsp3) is 0.643. The highest BCUT2D eigenvalue weighted by Crippen LogP contribution is 2.15. The van der Waals surface area contributed by atoms with E-state index < -0.39 is 0 Å². The molecule has 4 nitrogen and oxygen atoms in total. The van der Waals surface area contributed by atoms with Crippen LogP contribution in [0.2, 0.25) is 0 Å². The Labute approximate surface area is 111 Å². The predicted octanol–water partition coefficient (Wildman–Crippen LogP) is 2.77. The quantitative estimate of drug-likeness (QED) is 0.423. The summed E-state index contributed by atoms with van der Waals surface area (Å²) in [4.78, 5) is 6.71. The molecule has 0 atom stereocenters. The summed E-state index contributed by atoms with van der Waals surface area (Å²) >= 11 is 0. The molecule has 0 aliphatic rings. The number of anilines is 1. The molecule has 18 heavy (non-hydrogen) atoms. The molecule has 0 aliphatic heterocycles. The second-order valence-corrected chi connectivity index (χ2v) is 4.93. The van der Waals surface area contributed by atoms with Gasteiger partial charge in [-0.3, -0.25) is 4.90 Å². The van der Waals surface area contributed by atoms with Gasteiger partial charge in [-0.05, 0) is 32.9 Å². The lowest BCUT2D eigenvalue weighted by molar-refractivity contribution is 0.208. The van der Waals surface area contributed by atoms with E-state index in [2.05, 4.69) is 42.1 Å². The Kier molecular flexibility index (Phi) is 6.68. The van der Waals surface area contributed by atoms with E-state index in [9.17, 15) is 0 Å². The number of unbranched alkanes of at least 4 members (excludes halogenated alkanes) is 2. The SMILES string of the molecule is CCCCCN(Cc1cccnc1NN)C(C)C. The first kappa shape index (κ1) is 14.9. The monoisotopic (exact) mass is 250 g/mol. The van der Waals surface area contributed by atoms with E-state index in [1.165, 1.54) is 19.3 Å². The van der Waals surface area contributed by atoms with E-state index in [0.717, 1.165) is 24.5 Å². The van der Waals surface area contributed by atoms with Crippen molar-refractivity contribution in [3.63, 3.8) is 0 Å². The second kappa shape index (κ2) is 8.06. The highest BCUT2D eigenvalue weighted by Gasteiger charge is 2.12. The van der Waals surface area contributed by atoms with Crippen LogP contribution in [-0.2, 0) is 6.54 Å². The van der Waals surface area contributed by atoms with Gasteiger partial charge in [0, 0.05) is 24.3 Å². The van der Waals surface area contributed by atoms with Crippen molar-refractivity contribution in [2.75, 3.05) is 12.0 Å². The van der Waals surface area contributed by atoms with Crippen molar-refractivity contribution in [3.05, 3.63) is 23.9 Å². The molecule has 0 saturated carbocycles. The van der Waals surface area contributed by atoms with E-state index in [1.54, 1.807) is 6.20 Å². The summed E-state index contributed by atoms with van der Waals surface area (Å²) in [6.07, 6.45) is 5.56. The lowest BCUT2D eigenvalue weighted by atomic mass is 10.1. The first-order valence-electron chi connectivity index (χ1n) is 6.83. The van der Waals surface area contributed by atoms with Crippen LogP contribution < -0.4 is 11.3 Å². The van der Waals surface area contributed by atoms with E-state index in [0.29, 0.717) is 6.04 Å². The van der Waals surface area contributed by atoms with Gasteiger partial charge in [-0.1, -0.05) is 25.8 Å². The smallest absolute Gasteiger partial charge is 0.144 e. The maximum Gasteiger partial charge on any atom is 0.144 e. The lowest BCUT2D eigenvalue weighted by Gasteiger charge is -2.27. The lowest BCUT2D eigenvalue weighted by Crippen LogP contribution is -2.32. The summed E-state index contributed by atoms with van der Waals surface area (Å²) in [5.41, 5.74) is 3.83. The molecule has 0 radical (unpaired) electrons. The molecule has 0 aliphatic carbocycles. The minimum atomic E-state index is 0.535. The molecular formula is C14H26N4. The number of hydrogen-bond donors (Lipinski definition) is 2. The van der Waals surface area contributed by atoms with Gasteiger partial charge in [-0.15, -0.1) is 0 Å². The molecule has 1 rings (SSSR count). The van der Waals surface area contributed by atoms with Crippen molar-refractivity contribution in [2.45, 2.75) is 52.6 Å². The number of nitrogens with zero attached hydrogens (tertiary/aromatic N) is 2. The number of pyridine rings is 1. The van der Waals surface area contributed by atoms with Gasteiger partial charge >= 0.3 is 0 Å². The average molecular weight is 250 g/mol. The number of rotatable bonds is 8. The average Bonchev–Trinajstić information content (AvgIpc) is 2.38. The first-order chi connectivity index (χ1) is 8.69. The van der Waals surface area contributed by atoms with E-state index in [4.69, 9.17) is 5.84 Å². The molecule has 1 heterocycles. The minimum absolute atomic E-state index is 0.535. The molecule has 1 aromatic heterocycles. The maximum absolute atomic E-state index is 5.49. The van der Waals surface area contributed by atoms with Gasteiger partial charge in [-0.25, -0.2) is 10.8 Å². The van der Waals surface area contributed by atoms with E-state index >= 15 is 0 Å². The highest BCUT2D eigenvalue weighted by molar-refractivity contribution is 5.42. The number of nitrogen functional groups attached to an aromatic ring is 1. The molecule has 102 valence electrons. The highest BCUT2D eigenvalue weighted by atomic mass is 15.3. The Hall–Kier alpha value is -1.13. The fourth-order valence-corrected chi connectivity index (χ4v) is 2.00. The third kappa shape index (κ3) is 4.63. The maximum atomic E-state index is 5.49. The van der Waals surface area contributed by atoms with Crippen LogP contribution in [0.25, 0.3) is 0 Å². The number of hydrazine groups is 1. The Balaban J connectivity index is 2.64. The Morgan fingerprint density at radius 3 is 2.78 bits per heavy atom. The van der Waals surface area contributed by atoms with Crippen LogP contribution in [0.15, 0.2) is 18.3 Å². The van der Waals surface area contributed by atoms with Gasteiger partial charge in [0.25, 0.3) is 0 Å². The largest absolute Gasteiger partial charge is 0.308 e. The van der Waals surface area contributed by atoms with Crippen LogP contribution in [-0.4, -0.2) is 22.5 Å². The summed E-state index contributed by atoms with van der Waals surface area (Å²) in [6, 6.07) is 4.57. The van der Waals surface area contributed by atoms with Crippen LogP contribution in [0.3, 0.4) is 0 Å². The molecule has 0 unspecified atom stereocenters. The summed E-state index contributed by atoms with van der Waals surface area (Å²) in [7, 11) is 0. The van der Waals surface area contributed by atoms with Crippen molar-refractivity contribution in [3.8, 4) is 0 Å². The van der Waals surface area contributed by atoms with Crippen molar-refractivity contribution in [2.24, 2.45) is 5.84 Å². The van der Waals surface area contributed by atoms with E-state index in [-0.39, 0.29) is 0 Å². The topological polar surface area (TPSA) is 54.2 Å². The van der Waals surface area contributed by atoms with Crippen LogP contribution in [0, 0.1) is 0 Å². The minimum Gasteiger partial charge on any atom is -0.308 e. The summed E-state index contributed by atoms with van der Waals surface area (Å²) in [5.74, 6) is 6.27.